The Labute approximate surface area is 309 Å². The van der Waals surface area contributed by atoms with Crippen LogP contribution in [0.15, 0.2) is 115 Å². The Hall–Kier alpha value is -4.82. The SMILES string of the molecule is CCN(CC)c1ccc(/C(=C/C=C/C(OP(=O)(O)C(=O)O)(c2ccc(N(C)C)cc2)c2ccc(N(CC)CC)cc2)c2ccc(N(C)C)cc2)cc1. The topological polar surface area (TPSA) is 96.8 Å². The van der Waals surface area contributed by atoms with Crippen molar-refractivity contribution in [1.82, 2.24) is 0 Å². The van der Waals surface area contributed by atoms with Crippen LogP contribution in [0.1, 0.15) is 49.9 Å². The summed E-state index contributed by atoms with van der Waals surface area (Å²) in [5, 5.41) is 9.87. The third kappa shape index (κ3) is 9.15. The Balaban J connectivity index is 1.98. The number of carbonyl (C=O) groups is 1. The molecule has 0 aliphatic heterocycles. The van der Waals surface area contributed by atoms with Crippen molar-refractivity contribution in [1.29, 1.82) is 0 Å². The van der Waals surface area contributed by atoms with Crippen molar-refractivity contribution in [2.75, 3.05) is 74.0 Å². The molecular weight excluding hydrogens is 671 g/mol. The largest absolute Gasteiger partial charge is 0.472 e. The molecule has 2 atom stereocenters. The van der Waals surface area contributed by atoms with E-state index in [-0.39, 0.29) is 0 Å². The molecular formula is C42H53N4O5P. The van der Waals surface area contributed by atoms with Gasteiger partial charge in [-0.15, -0.1) is 0 Å². The molecule has 4 aromatic rings. The maximum atomic E-state index is 13.3. The fourth-order valence-electron chi connectivity index (χ4n) is 6.26. The van der Waals surface area contributed by atoms with Crippen LogP contribution < -0.4 is 19.6 Å². The van der Waals surface area contributed by atoms with E-state index in [2.05, 4.69) is 86.0 Å². The van der Waals surface area contributed by atoms with Gasteiger partial charge in [0.15, 0.2) is 0 Å². The summed E-state index contributed by atoms with van der Waals surface area (Å²) >= 11 is 0. The highest BCUT2D eigenvalue weighted by Crippen LogP contribution is 2.53. The van der Waals surface area contributed by atoms with Crippen LogP contribution in [0.3, 0.4) is 0 Å². The summed E-state index contributed by atoms with van der Waals surface area (Å²) in [4.78, 5) is 31.5. The van der Waals surface area contributed by atoms with E-state index in [0.29, 0.717) is 11.1 Å². The molecule has 2 N–H and O–H groups in total. The van der Waals surface area contributed by atoms with Crippen LogP contribution in [0.2, 0.25) is 0 Å². The number of carboxylic acid groups (broad SMARTS) is 1. The Morgan fingerprint density at radius 2 is 0.981 bits per heavy atom. The normalized spacial score (nSPS) is 14.1. The first-order chi connectivity index (χ1) is 24.8. The maximum Gasteiger partial charge on any atom is 0.437 e. The van der Waals surface area contributed by atoms with Gasteiger partial charge in [-0.1, -0.05) is 60.7 Å². The van der Waals surface area contributed by atoms with Crippen LogP contribution in [0.5, 0.6) is 0 Å². The van der Waals surface area contributed by atoms with E-state index >= 15 is 0 Å². The predicted octanol–water partition coefficient (Wildman–Crippen LogP) is 9.32. The molecule has 0 heterocycles. The summed E-state index contributed by atoms with van der Waals surface area (Å²) in [5.41, 5.74) is 4.22. The Bertz CT molecular complexity index is 1860. The van der Waals surface area contributed by atoms with Crippen LogP contribution >= 0.6 is 7.60 Å². The molecule has 276 valence electrons. The zero-order valence-corrected chi connectivity index (χ0v) is 32.5. The van der Waals surface area contributed by atoms with Crippen LogP contribution in [0.4, 0.5) is 27.5 Å². The highest BCUT2D eigenvalue weighted by Gasteiger charge is 2.44. The first-order valence-corrected chi connectivity index (χ1v) is 19.3. The van der Waals surface area contributed by atoms with Crippen LogP contribution in [-0.2, 0) is 14.7 Å². The van der Waals surface area contributed by atoms with Crippen molar-refractivity contribution in [2.24, 2.45) is 0 Å². The van der Waals surface area contributed by atoms with Gasteiger partial charge in [0.25, 0.3) is 0 Å². The lowest BCUT2D eigenvalue weighted by molar-refractivity contribution is 0.132. The highest BCUT2D eigenvalue weighted by molar-refractivity contribution is 7.70. The fourth-order valence-corrected chi connectivity index (χ4v) is 7.00. The molecule has 2 unspecified atom stereocenters. The maximum absolute atomic E-state index is 13.3. The number of allylic oxidation sites excluding steroid dienone is 2. The molecule has 52 heavy (non-hydrogen) atoms. The van der Waals surface area contributed by atoms with E-state index in [0.717, 1.165) is 65.6 Å². The van der Waals surface area contributed by atoms with Crippen molar-refractivity contribution in [3.8, 4) is 0 Å². The number of hydrogen-bond acceptors (Lipinski definition) is 7. The minimum atomic E-state index is -5.19. The second-order valence-electron chi connectivity index (χ2n) is 12.9. The van der Waals surface area contributed by atoms with E-state index in [1.54, 1.807) is 24.3 Å². The lowest BCUT2D eigenvalue weighted by Gasteiger charge is -2.33. The summed E-state index contributed by atoms with van der Waals surface area (Å²) in [7, 11) is 2.64. The van der Waals surface area contributed by atoms with Crippen LogP contribution in [-0.4, -0.2) is 70.1 Å². The molecule has 0 bridgehead atoms. The van der Waals surface area contributed by atoms with Gasteiger partial charge in [0.2, 0.25) is 0 Å². The molecule has 4 rings (SSSR count). The number of benzene rings is 4. The minimum Gasteiger partial charge on any atom is -0.472 e. The summed E-state index contributed by atoms with van der Waals surface area (Å²) in [6, 6.07) is 31.5. The lowest BCUT2D eigenvalue weighted by Crippen LogP contribution is -2.29. The first-order valence-electron chi connectivity index (χ1n) is 17.7. The van der Waals surface area contributed by atoms with Crippen molar-refractivity contribution in [3.63, 3.8) is 0 Å². The second kappa shape index (κ2) is 17.6. The molecule has 0 saturated heterocycles. The number of anilines is 4. The molecule has 0 amide bonds. The smallest absolute Gasteiger partial charge is 0.437 e. The summed E-state index contributed by atoms with van der Waals surface area (Å²) in [5.74, 6) is 0. The molecule has 10 heteroatoms. The zero-order valence-electron chi connectivity index (χ0n) is 31.7. The van der Waals surface area contributed by atoms with E-state index in [1.807, 2.05) is 80.5 Å². The summed E-state index contributed by atoms with van der Waals surface area (Å²) in [6.45, 7) is 11.8. The Morgan fingerprint density at radius 1 is 0.635 bits per heavy atom. The Morgan fingerprint density at radius 3 is 1.33 bits per heavy atom. The van der Waals surface area contributed by atoms with E-state index in [4.69, 9.17) is 4.52 Å². The number of nitrogens with zero attached hydrogens (tertiary/aromatic N) is 4. The summed E-state index contributed by atoms with van der Waals surface area (Å²) < 4.78 is 19.3. The highest BCUT2D eigenvalue weighted by atomic mass is 31.2. The average Bonchev–Trinajstić information content (AvgIpc) is 3.14. The van der Waals surface area contributed by atoms with Gasteiger partial charge in [0.05, 0.1) is 0 Å². The first kappa shape index (κ1) is 40.0. The summed E-state index contributed by atoms with van der Waals surface area (Å²) in [6.07, 6.45) is 5.40. The molecule has 0 spiro atoms. The molecule has 4 aromatic carbocycles. The fraction of sp³-hybridized carbons (Fsp3) is 0.310. The van der Waals surface area contributed by atoms with Gasteiger partial charge in [-0.3, -0.25) is 4.52 Å². The molecule has 0 aliphatic carbocycles. The van der Waals surface area contributed by atoms with Gasteiger partial charge in [-0.05, 0) is 110 Å². The quantitative estimate of drug-likeness (QED) is 0.0816. The minimum absolute atomic E-state index is 0.495. The number of rotatable bonds is 17. The molecule has 0 aliphatic rings. The van der Waals surface area contributed by atoms with Crippen molar-refractivity contribution >= 4 is 41.6 Å². The van der Waals surface area contributed by atoms with Gasteiger partial charge >= 0.3 is 13.3 Å². The van der Waals surface area contributed by atoms with Crippen molar-refractivity contribution in [2.45, 2.75) is 33.3 Å². The zero-order chi connectivity index (χ0) is 38.1. The van der Waals surface area contributed by atoms with E-state index < -0.39 is 18.9 Å². The lowest BCUT2D eigenvalue weighted by atomic mass is 9.85. The monoisotopic (exact) mass is 724 g/mol. The van der Waals surface area contributed by atoms with Crippen LogP contribution in [0, 0.1) is 0 Å². The third-order valence-electron chi connectivity index (χ3n) is 9.34. The van der Waals surface area contributed by atoms with Crippen molar-refractivity contribution < 1.29 is 23.9 Å². The van der Waals surface area contributed by atoms with Gasteiger partial charge in [0.1, 0.15) is 5.60 Å². The van der Waals surface area contributed by atoms with Gasteiger partial charge in [0, 0.05) is 77.1 Å². The molecule has 0 radical (unpaired) electrons. The van der Waals surface area contributed by atoms with Gasteiger partial charge in [-0.2, -0.15) is 0 Å². The van der Waals surface area contributed by atoms with E-state index in [9.17, 15) is 19.4 Å². The van der Waals surface area contributed by atoms with Crippen LogP contribution in [0.25, 0.3) is 5.57 Å². The molecule has 0 fully saturated rings. The van der Waals surface area contributed by atoms with Gasteiger partial charge < -0.3 is 29.6 Å². The number of hydrogen-bond donors (Lipinski definition) is 2. The predicted molar refractivity (Wildman–Crippen MR) is 217 cm³/mol. The molecule has 9 nitrogen and oxygen atoms in total. The van der Waals surface area contributed by atoms with Crippen molar-refractivity contribution in [3.05, 3.63) is 138 Å². The third-order valence-corrected chi connectivity index (χ3v) is 10.4. The standard InChI is InChI=1S/C42H53N4O5P/c1-9-45(10-2)38-25-17-33(18-26-38)40(32-15-23-36(24-16-32)43(5)6)14-13-31-42(51-52(49,50)41(47)48,34-19-27-37(28-20-34)44(7)8)35-21-29-39(30-22-35)46(11-3)12-4/h13-31H,9-12H2,1-8H3,(H,47,48)(H,49,50)/b31-13+,40-14+. The molecule has 0 aromatic heterocycles. The van der Waals surface area contributed by atoms with Gasteiger partial charge in [-0.25, -0.2) is 9.36 Å². The Kier molecular flexibility index (Phi) is 13.5. The second-order valence-corrected chi connectivity index (χ2v) is 14.5. The average molecular weight is 725 g/mol. The molecule has 0 saturated carbocycles. The van der Waals surface area contributed by atoms with E-state index in [1.165, 1.54) is 0 Å².